The lowest BCUT2D eigenvalue weighted by Gasteiger charge is -2.12. The Morgan fingerprint density at radius 1 is 1.22 bits per heavy atom. The Bertz CT molecular complexity index is 830. The van der Waals surface area contributed by atoms with E-state index < -0.39 is 16.0 Å². The highest BCUT2D eigenvalue weighted by Gasteiger charge is 2.20. The maximum Gasteiger partial charge on any atom is 0.339 e. The van der Waals surface area contributed by atoms with Gasteiger partial charge in [0.05, 0.1) is 17.2 Å². The highest BCUT2D eigenvalue weighted by atomic mass is 32.2. The molecule has 6 nitrogen and oxygen atoms in total. The largest absolute Gasteiger partial charge is 0.493 e. The van der Waals surface area contributed by atoms with Gasteiger partial charge < -0.3 is 9.84 Å². The Kier molecular flexibility index (Phi) is 4.90. The second-order valence-electron chi connectivity index (χ2n) is 4.82. The minimum Gasteiger partial charge on any atom is -0.493 e. The van der Waals surface area contributed by atoms with Gasteiger partial charge in [0, 0.05) is 0 Å². The molecule has 0 aliphatic carbocycles. The molecule has 7 heteroatoms. The first-order valence-corrected chi connectivity index (χ1v) is 8.42. The van der Waals surface area contributed by atoms with E-state index in [9.17, 15) is 18.3 Å². The van der Waals surface area contributed by atoms with Crippen LogP contribution >= 0.6 is 0 Å². The standard InChI is InChI=1S/C16H17NO5S/c1-3-22-15-9-8-12(10-13(15)16(18)19)23(20,21)17-14-7-5-4-6-11(14)2/h4-10,17H,3H2,1-2H3,(H,18,19). The minimum atomic E-state index is -3.89. The summed E-state index contributed by atoms with van der Waals surface area (Å²) in [5, 5.41) is 9.22. The summed E-state index contributed by atoms with van der Waals surface area (Å²) >= 11 is 0. The Balaban J connectivity index is 2.42. The van der Waals surface area contributed by atoms with Crippen LogP contribution in [0.25, 0.3) is 0 Å². The normalized spacial score (nSPS) is 11.0. The van der Waals surface area contributed by atoms with Crippen LogP contribution in [0.5, 0.6) is 5.75 Å². The number of carboxylic acid groups (broad SMARTS) is 1. The Morgan fingerprint density at radius 3 is 2.52 bits per heavy atom. The molecule has 0 spiro atoms. The molecular formula is C16H17NO5S. The highest BCUT2D eigenvalue weighted by molar-refractivity contribution is 7.92. The van der Waals surface area contributed by atoms with Gasteiger partial charge >= 0.3 is 5.97 Å². The van der Waals surface area contributed by atoms with Crippen molar-refractivity contribution in [2.24, 2.45) is 0 Å². The summed E-state index contributed by atoms with van der Waals surface area (Å²) in [6.07, 6.45) is 0. The number of benzene rings is 2. The quantitative estimate of drug-likeness (QED) is 0.847. The lowest BCUT2D eigenvalue weighted by Crippen LogP contribution is -2.15. The van der Waals surface area contributed by atoms with E-state index in [1.807, 2.05) is 0 Å². The van der Waals surface area contributed by atoms with Gasteiger partial charge in [0.1, 0.15) is 11.3 Å². The van der Waals surface area contributed by atoms with E-state index in [4.69, 9.17) is 4.74 Å². The Hall–Kier alpha value is -2.54. The van der Waals surface area contributed by atoms with E-state index in [-0.39, 0.29) is 22.8 Å². The van der Waals surface area contributed by atoms with Crippen LogP contribution in [-0.4, -0.2) is 26.1 Å². The Morgan fingerprint density at radius 2 is 1.91 bits per heavy atom. The van der Waals surface area contributed by atoms with Gasteiger partial charge in [-0.3, -0.25) is 4.72 Å². The number of hydrogen-bond acceptors (Lipinski definition) is 4. The summed E-state index contributed by atoms with van der Waals surface area (Å²) in [6, 6.07) is 10.7. The van der Waals surface area contributed by atoms with Crippen LogP contribution in [0.3, 0.4) is 0 Å². The number of aryl methyl sites for hydroxylation is 1. The SMILES string of the molecule is CCOc1ccc(S(=O)(=O)Nc2ccccc2C)cc1C(=O)O. The van der Waals surface area contributed by atoms with Crippen molar-refractivity contribution in [2.45, 2.75) is 18.7 Å². The summed E-state index contributed by atoms with van der Waals surface area (Å²) in [6.45, 7) is 3.78. The van der Waals surface area contributed by atoms with Gasteiger partial charge in [-0.15, -0.1) is 0 Å². The molecule has 0 saturated carbocycles. The Labute approximate surface area is 134 Å². The van der Waals surface area contributed by atoms with Crippen LogP contribution in [0.15, 0.2) is 47.4 Å². The highest BCUT2D eigenvalue weighted by Crippen LogP contribution is 2.25. The first-order valence-electron chi connectivity index (χ1n) is 6.93. The van der Waals surface area contributed by atoms with Crippen molar-refractivity contribution in [3.05, 3.63) is 53.6 Å². The summed E-state index contributed by atoms with van der Waals surface area (Å²) in [5.41, 5.74) is 1.01. The lowest BCUT2D eigenvalue weighted by molar-refractivity contribution is 0.0692. The zero-order valence-electron chi connectivity index (χ0n) is 12.7. The van der Waals surface area contributed by atoms with Crippen molar-refractivity contribution < 1.29 is 23.1 Å². The smallest absolute Gasteiger partial charge is 0.339 e. The lowest BCUT2D eigenvalue weighted by atomic mass is 10.2. The molecule has 0 amide bonds. The number of hydrogen-bond donors (Lipinski definition) is 2. The summed E-state index contributed by atoms with van der Waals surface area (Å²) in [4.78, 5) is 11.2. The molecule has 2 aromatic rings. The number of aromatic carboxylic acids is 1. The van der Waals surface area contributed by atoms with Crippen LogP contribution in [0.4, 0.5) is 5.69 Å². The van der Waals surface area contributed by atoms with Crippen LogP contribution < -0.4 is 9.46 Å². The number of carbonyl (C=O) groups is 1. The van der Waals surface area contributed by atoms with Crippen molar-refractivity contribution in [1.82, 2.24) is 0 Å². The number of anilines is 1. The molecule has 0 heterocycles. The second kappa shape index (κ2) is 6.70. The molecular weight excluding hydrogens is 318 g/mol. The fourth-order valence-corrected chi connectivity index (χ4v) is 3.17. The van der Waals surface area contributed by atoms with E-state index in [0.29, 0.717) is 5.69 Å². The zero-order chi connectivity index (χ0) is 17.0. The summed E-state index contributed by atoms with van der Waals surface area (Å²) in [7, 11) is -3.89. The molecule has 0 unspecified atom stereocenters. The number of nitrogens with one attached hydrogen (secondary N) is 1. The van der Waals surface area contributed by atoms with Crippen molar-refractivity contribution in [1.29, 1.82) is 0 Å². The third kappa shape index (κ3) is 3.81. The number of para-hydroxylation sites is 1. The average Bonchev–Trinajstić information content (AvgIpc) is 2.50. The molecule has 2 rings (SSSR count). The van der Waals surface area contributed by atoms with Gasteiger partial charge in [0.2, 0.25) is 0 Å². The fraction of sp³-hybridized carbons (Fsp3) is 0.188. The van der Waals surface area contributed by atoms with Gasteiger partial charge in [-0.25, -0.2) is 13.2 Å². The predicted molar refractivity (Wildman–Crippen MR) is 86.6 cm³/mol. The van der Waals surface area contributed by atoms with E-state index in [0.717, 1.165) is 11.6 Å². The zero-order valence-corrected chi connectivity index (χ0v) is 13.6. The van der Waals surface area contributed by atoms with Gasteiger partial charge in [-0.2, -0.15) is 0 Å². The number of sulfonamides is 1. The minimum absolute atomic E-state index is 0.134. The molecule has 2 aromatic carbocycles. The van der Waals surface area contributed by atoms with Crippen LogP contribution in [0.1, 0.15) is 22.8 Å². The molecule has 0 atom stereocenters. The summed E-state index contributed by atoms with van der Waals surface area (Å²) in [5.74, 6) is -1.11. The monoisotopic (exact) mass is 335 g/mol. The molecule has 0 fully saturated rings. The van der Waals surface area contributed by atoms with Gasteiger partial charge in [0.25, 0.3) is 10.0 Å². The topological polar surface area (TPSA) is 92.7 Å². The number of rotatable bonds is 6. The molecule has 0 saturated heterocycles. The van der Waals surface area contributed by atoms with E-state index in [1.54, 1.807) is 38.1 Å². The van der Waals surface area contributed by atoms with Gasteiger partial charge in [0.15, 0.2) is 0 Å². The van der Waals surface area contributed by atoms with Gasteiger partial charge in [-0.1, -0.05) is 18.2 Å². The molecule has 0 aromatic heterocycles. The van der Waals surface area contributed by atoms with Crippen molar-refractivity contribution >= 4 is 21.7 Å². The number of ether oxygens (including phenoxy) is 1. The van der Waals surface area contributed by atoms with Crippen molar-refractivity contribution in [3.63, 3.8) is 0 Å². The van der Waals surface area contributed by atoms with Crippen LogP contribution in [0.2, 0.25) is 0 Å². The maximum absolute atomic E-state index is 12.5. The molecule has 0 aliphatic rings. The molecule has 0 radical (unpaired) electrons. The van der Waals surface area contributed by atoms with Gasteiger partial charge in [-0.05, 0) is 43.7 Å². The molecule has 122 valence electrons. The molecule has 23 heavy (non-hydrogen) atoms. The van der Waals surface area contributed by atoms with Crippen molar-refractivity contribution in [3.8, 4) is 5.75 Å². The van der Waals surface area contributed by atoms with Crippen LogP contribution in [-0.2, 0) is 10.0 Å². The number of carboxylic acids is 1. The second-order valence-corrected chi connectivity index (χ2v) is 6.50. The first kappa shape index (κ1) is 16.8. The molecule has 0 aliphatic heterocycles. The fourth-order valence-electron chi connectivity index (χ4n) is 2.02. The van der Waals surface area contributed by atoms with E-state index in [2.05, 4.69) is 4.72 Å². The maximum atomic E-state index is 12.5. The molecule has 0 bridgehead atoms. The van der Waals surface area contributed by atoms with E-state index in [1.165, 1.54) is 12.1 Å². The predicted octanol–water partition coefficient (Wildman–Crippen LogP) is 2.89. The first-order chi connectivity index (χ1) is 10.8. The van der Waals surface area contributed by atoms with E-state index >= 15 is 0 Å². The molecule has 2 N–H and O–H groups in total. The third-order valence-electron chi connectivity index (χ3n) is 3.18. The summed E-state index contributed by atoms with van der Waals surface area (Å²) < 4.78 is 32.6. The van der Waals surface area contributed by atoms with Crippen LogP contribution in [0, 0.1) is 6.92 Å². The third-order valence-corrected chi connectivity index (χ3v) is 4.54. The average molecular weight is 335 g/mol. The van der Waals surface area contributed by atoms with Crippen molar-refractivity contribution in [2.75, 3.05) is 11.3 Å².